The quantitative estimate of drug-likeness (QED) is 0.512. The number of aliphatic hydroxyl groups is 1. The number of hydrogen-bond donors (Lipinski definition) is 3. The highest BCUT2D eigenvalue weighted by Crippen LogP contribution is 2.22. The molecule has 100 valence electrons. The van der Waals surface area contributed by atoms with Crippen LogP contribution in [0.15, 0.2) is 18.2 Å². The van der Waals surface area contributed by atoms with Gasteiger partial charge in [0.2, 0.25) is 0 Å². The van der Waals surface area contributed by atoms with Gasteiger partial charge in [-0.25, -0.2) is 0 Å². The lowest BCUT2D eigenvalue weighted by Crippen LogP contribution is -2.25. The molecule has 0 spiro atoms. The van der Waals surface area contributed by atoms with Gasteiger partial charge >= 0.3 is 0 Å². The number of carbonyl (C=O) groups is 1. The normalized spacial score (nSPS) is 10.3. The highest BCUT2D eigenvalue weighted by atomic mass is 35.5. The maximum Gasteiger partial charge on any atom is 0.252 e. The Balaban J connectivity index is 2.35. The Hall–Kier alpha value is -1.30. The molecule has 0 fully saturated rings. The van der Waals surface area contributed by atoms with Gasteiger partial charge in [-0.3, -0.25) is 4.79 Å². The van der Waals surface area contributed by atoms with Crippen molar-refractivity contribution in [1.82, 2.24) is 5.32 Å². The summed E-state index contributed by atoms with van der Waals surface area (Å²) in [6.07, 6.45) is 0.672. The molecule has 0 bridgehead atoms. The molecule has 6 heteroatoms. The average Bonchev–Trinajstić information content (AvgIpc) is 2.36. The molecular formula is C12H17ClN2O3. The Kier molecular flexibility index (Phi) is 6.49. The second-order valence-electron chi connectivity index (χ2n) is 3.65. The first-order chi connectivity index (χ1) is 8.66. The van der Waals surface area contributed by atoms with E-state index in [0.717, 1.165) is 0 Å². The standard InChI is InChI=1S/C12H17ClN2O3/c13-11-9(3-1-4-10(11)14)12(17)15-5-2-7-18-8-6-16/h1,3-4,16H,2,5-8,14H2,(H,15,17). The highest BCUT2D eigenvalue weighted by molar-refractivity contribution is 6.36. The summed E-state index contributed by atoms with van der Waals surface area (Å²) < 4.78 is 5.07. The third-order valence-electron chi connectivity index (χ3n) is 2.26. The molecule has 0 aliphatic rings. The first-order valence-corrected chi connectivity index (χ1v) is 6.05. The molecule has 0 unspecified atom stereocenters. The Morgan fingerprint density at radius 2 is 2.22 bits per heavy atom. The first kappa shape index (κ1) is 14.8. The zero-order valence-corrected chi connectivity index (χ0v) is 10.7. The van der Waals surface area contributed by atoms with E-state index in [0.29, 0.717) is 37.4 Å². The van der Waals surface area contributed by atoms with Crippen molar-refractivity contribution in [2.45, 2.75) is 6.42 Å². The van der Waals surface area contributed by atoms with Crippen LogP contribution in [0.4, 0.5) is 5.69 Å². The largest absolute Gasteiger partial charge is 0.398 e. The molecule has 0 aliphatic heterocycles. The molecule has 0 heterocycles. The molecule has 1 rings (SSSR count). The third-order valence-corrected chi connectivity index (χ3v) is 2.68. The summed E-state index contributed by atoms with van der Waals surface area (Å²) in [5.41, 5.74) is 6.37. The van der Waals surface area contributed by atoms with Gasteiger partial charge in [-0.1, -0.05) is 17.7 Å². The number of rotatable bonds is 7. The third kappa shape index (κ3) is 4.52. The minimum Gasteiger partial charge on any atom is -0.398 e. The topological polar surface area (TPSA) is 84.6 Å². The summed E-state index contributed by atoms with van der Waals surface area (Å²) in [7, 11) is 0. The summed E-state index contributed by atoms with van der Waals surface area (Å²) >= 11 is 5.93. The fraction of sp³-hybridized carbons (Fsp3) is 0.417. The maximum absolute atomic E-state index is 11.8. The van der Waals surface area contributed by atoms with E-state index in [1.165, 1.54) is 0 Å². The van der Waals surface area contributed by atoms with Crippen molar-refractivity contribution in [3.63, 3.8) is 0 Å². The molecule has 1 aromatic rings. The molecular weight excluding hydrogens is 256 g/mol. The number of halogens is 1. The van der Waals surface area contributed by atoms with Gasteiger partial charge in [0.25, 0.3) is 5.91 Å². The molecule has 18 heavy (non-hydrogen) atoms. The molecule has 0 saturated carbocycles. The molecule has 1 aromatic carbocycles. The number of nitrogens with two attached hydrogens (primary N) is 1. The lowest BCUT2D eigenvalue weighted by Gasteiger charge is -2.08. The van der Waals surface area contributed by atoms with Crippen molar-refractivity contribution < 1.29 is 14.6 Å². The fourth-order valence-corrected chi connectivity index (χ4v) is 1.57. The van der Waals surface area contributed by atoms with Crippen LogP contribution in [0.25, 0.3) is 0 Å². The van der Waals surface area contributed by atoms with Crippen molar-refractivity contribution in [2.24, 2.45) is 0 Å². The molecule has 0 saturated heterocycles. The number of amides is 1. The van der Waals surface area contributed by atoms with E-state index in [9.17, 15) is 4.79 Å². The van der Waals surface area contributed by atoms with Gasteiger partial charge in [-0.15, -0.1) is 0 Å². The molecule has 0 atom stereocenters. The van der Waals surface area contributed by atoms with Crippen LogP contribution >= 0.6 is 11.6 Å². The molecule has 0 aromatic heterocycles. The van der Waals surface area contributed by atoms with E-state index in [4.69, 9.17) is 27.2 Å². The summed E-state index contributed by atoms with van der Waals surface area (Å²) in [4.78, 5) is 11.8. The van der Waals surface area contributed by atoms with Gasteiger partial charge in [0.1, 0.15) is 0 Å². The van der Waals surface area contributed by atoms with Crippen LogP contribution in [-0.2, 0) is 4.74 Å². The van der Waals surface area contributed by atoms with Crippen molar-refractivity contribution in [2.75, 3.05) is 32.1 Å². The Morgan fingerprint density at radius 1 is 1.44 bits per heavy atom. The minimum absolute atomic E-state index is 0.00522. The van der Waals surface area contributed by atoms with Gasteiger partial charge in [-0.05, 0) is 18.6 Å². The van der Waals surface area contributed by atoms with Crippen LogP contribution in [0.3, 0.4) is 0 Å². The molecule has 4 N–H and O–H groups in total. The zero-order valence-electron chi connectivity index (χ0n) is 9.99. The van der Waals surface area contributed by atoms with Crippen LogP contribution in [0.2, 0.25) is 5.02 Å². The van der Waals surface area contributed by atoms with Gasteiger partial charge in [0.15, 0.2) is 0 Å². The van der Waals surface area contributed by atoms with E-state index in [1.54, 1.807) is 18.2 Å². The van der Waals surface area contributed by atoms with E-state index in [-0.39, 0.29) is 17.5 Å². The Bertz CT molecular complexity index is 399. The van der Waals surface area contributed by atoms with Crippen molar-refractivity contribution >= 4 is 23.2 Å². The Labute approximate surface area is 111 Å². The second-order valence-corrected chi connectivity index (χ2v) is 4.03. The number of carbonyl (C=O) groups excluding carboxylic acids is 1. The maximum atomic E-state index is 11.8. The summed E-state index contributed by atoms with van der Waals surface area (Å²) in [5.74, 6) is -0.255. The lowest BCUT2D eigenvalue weighted by molar-refractivity contribution is 0.0867. The fourth-order valence-electron chi connectivity index (χ4n) is 1.36. The highest BCUT2D eigenvalue weighted by Gasteiger charge is 2.11. The minimum atomic E-state index is -0.255. The van der Waals surface area contributed by atoms with Crippen LogP contribution in [0.5, 0.6) is 0 Å². The van der Waals surface area contributed by atoms with Gasteiger partial charge in [-0.2, -0.15) is 0 Å². The number of aliphatic hydroxyl groups excluding tert-OH is 1. The molecule has 1 amide bonds. The van der Waals surface area contributed by atoms with Crippen LogP contribution in [0.1, 0.15) is 16.8 Å². The molecule has 5 nitrogen and oxygen atoms in total. The average molecular weight is 273 g/mol. The van der Waals surface area contributed by atoms with Crippen LogP contribution < -0.4 is 11.1 Å². The van der Waals surface area contributed by atoms with Gasteiger partial charge in [0.05, 0.1) is 29.5 Å². The number of ether oxygens (including phenoxy) is 1. The summed E-state index contributed by atoms with van der Waals surface area (Å²) in [6, 6.07) is 4.94. The van der Waals surface area contributed by atoms with Crippen molar-refractivity contribution in [1.29, 1.82) is 0 Å². The van der Waals surface area contributed by atoms with Gasteiger partial charge < -0.3 is 20.9 Å². The van der Waals surface area contributed by atoms with E-state index >= 15 is 0 Å². The van der Waals surface area contributed by atoms with Crippen LogP contribution in [-0.4, -0.2) is 37.4 Å². The van der Waals surface area contributed by atoms with Crippen molar-refractivity contribution in [3.05, 3.63) is 28.8 Å². The first-order valence-electron chi connectivity index (χ1n) is 5.67. The van der Waals surface area contributed by atoms with E-state index < -0.39 is 0 Å². The number of nitrogen functional groups attached to an aromatic ring is 1. The predicted octanol–water partition coefficient (Wildman–Crippen LogP) is 1.05. The summed E-state index contributed by atoms with van der Waals surface area (Å²) in [5, 5.41) is 11.5. The zero-order chi connectivity index (χ0) is 13.4. The number of benzene rings is 1. The smallest absolute Gasteiger partial charge is 0.252 e. The van der Waals surface area contributed by atoms with Crippen molar-refractivity contribution in [3.8, 4) is 0 Å². The Morgan fingerprint density at radius 3 is 2.94 bits per heavy atom. The lowest BCUT2D eigenvalue weighted by atomic mass is 10.2. The SMILES string of the molecule is Nc1cccc(C(=O)NCCCOCCO)c1Cl. The number of nitrogens with one attached hydrogen (secondary N) is 1. The van der Waals surface area contributed by atoms with Crippen LogP contribution in [0, 0.1) is 0 Å². The number of anilines is 1. The van der Waals surface area contributed by atoms with Gasteiger partial charge in [0, 0.05) is 13.2 Å². The van der Waals surface area contributed by atoms with E-state index in [2.05, 4.69) is 5.32 Å². The summed E-state index contributed by atoms with van der Waals surface area (Å²) in [6.45, 7) is 1.29. The molecule has 0 aliphatic carbocycles. The van der Waals surface area contributed by atoms with E-state index in [1.807, 2.05) is 0 Å². The predicted molar refractivity (Wildman–Crippen MR) is 70.7 cm³/mol. The second kappa shape index (κ2) is 7.92. The number of hydrogen-bond acceptors (Lipinski definition) is 4. The molecule has 0 radical (unpaired) electrons. The monoisotopic (exact) mass is 272 g/mol.